The fourth-order valence-electron chi connectivity index (χ4n) is 0. The predicted molar refractivity (Wildman–Crippen MR) is 105 cm³/mol. The first kappa shape index (κ1) is 701. The van der Waals surface area contributed by atoms with Crippen LogP contribution in [-0.4, -0.2) is 27.4 Å². The van der Waals surface area contributed by atoms with Crippen LogP contribution in [0.25, 0.3) is 0 Å². The molecule has 0 aliphatic heterocycles. The van der Waals surface area contributed by atoms with E-state index in [1.54, 1.807) is 0 Å². The summed E-state index contributed by atoms with van der Waals surface area (Å²) in [5.41, 5.74) is 0. The molecule has 17 heavy (non-hydrogen) atoms. The second-order valence-electron chi connectivity index (χ2n) is 0. The smallest absolute Gasteiger partial charge is 0.147 e. The molecule has 0 heterocycles. The van der Waals surface area contributed by atoms with Gasteiger partial charge in [0.1, 0.15) is 0 Å². The molecule has 136 valence electrons. The van der Waals surface area contributed by atoms with Crippen LogP contribution in [-0.2, 0) is 0 Å². The average Bonchev–Trinajstić information content (AvgIpc) is 0. The van der Waals surface area contributed by atoms with Crippen molar-refractivity contribution < 1.29 is 27.4 Å². The standard InChI is InChI=1S/12ClH.5H2O/h12*1H;5*1H2. The first-order valence-corrected chi connectivity index (χ1v) is 0. The minimum atomic E-state index is 0. The molecule has 0 radical (unpaired) electrons. The van der Waals surface area contributed by atoms with Gasteiger partial charge in [-0.3, -0.25) is 0 Å². The largest absolute Gasteiger partial charge is 0.412 e. The topological polar surface area (TPSA) is 158 Å². The van der Waals surface area contributed by atoms with Crippen LogP contribution in [0.15, 0.2) is 0 Å². The minimum absolute atomic E-state index is 0. The maximum atomic E-state index is 0. The molecular weight excluding hydrogens is 505 g/mol. The first-order chi connectivity index (χ1) is 0. The van der Waals surface area contributed by atoms with Gasteiger partial charge in [-0.1, -0.05) is 0 Å². The monoisotopic (exact) mass is 522 g/mol. The zero-order valence-electron chi connectivity index (χ0n) is 7.40. The molecule has 0 aliphatic carbocycles. The lowest BCUT2D eigenvalue weighted by atomic mass is 16.0. The fraction of sp³-hybridized carbons (Fsp3) is 0. The fourth-order valence-corrected chi connectivity index (χ4v) is 0. The number of rotatable bonds is 0. The molecule has 0 bridgehead atoms. The molecular formula is H22Cl12O5. The van der Waals surface area contributed by atoms with E-state index in [1.807, 2.05) is 0 Å². The van der Waals surface area contributed by atoms with Crippen molar-refractivity contribution >= 4 is 149 Å². The Morgan fingerprint density at radius 2 is 0.118 bits per heavy atom. The molecule has 0 atom stereocenters. The van der Waals surface area contributed by atoms with Gasteiger partial charge in [-0.2, -0.15) is 0 Å². The summed E-state index contributed by atoms with van der Waals surface area (Å²) in [5.74, 6) is 0. The van der Waals surface area contributed by atoms with Gasteiger partial charge in [-0.05, 0) is 0 Å². The Bertz CT molecular complexity index is 14.9. The van der Waals surface area contributed by atoms with Crippen LogP contribution in [0, 0.1) is 0 Å². The van der Waals surface area contributed by atoms with Crippen LogP contribution in [0.1, 0.15) is 0 Å². The lowest BCUT2D eigenvalue weighted by Gasteiger charge is -0.413. The van der Waals surface area contributed by atoms with Crippen molar-refractivity contribution in [2.24, 2.45) is 0 Å². The van der Waals surface area contributed by atoms with E-state index in [1.165, 1.54) is 0 Å². The summed E-state index contributed by atoms with van der Waals surface area (Å²) in [6, 6.07) is 0. The van der Waals surface area contributed by atoms with Crippen molar-refractivity contribution in [2.75, 3.05) is 0 Å². The van der Waals surface area contributed by atoms with Gasteiger partial charge in [0.25, 0.3) is 0 Å². The third-order valence-corrected chi connectivity index (χ3v) is 0. The van der Waals surface area contributed by atoms with Crippen LogP contribution < -0.4 is 0 Å². The van der Waals surface area contributed by atoms with Gasteiger partial charge in [-0.25, -0.2) is 0 Å². The highest BCUT2D eigenvalue weighted by Gasteiger charge is -0.135. The molecule has 5 nitrogen and oxygen atoms in total. The van der Waals surface area contributed by atoms with E-state index in [4.69, 9.17) is 0 Å². The van der Waals surface area contributed by atoms with Gasteiger partial charge < -0.3 is 27.4 Å². The van der Waals surface area contributed by atoms with Gasteiger partial charge in [0, 0.05) is 0 Å². The molecule has 0 aromatic heterocycles. The molecule has 0 aromatic carbocycles. The van der Waals surface area contributed by atoms with Crippen molar-refractivity contribution in [3.63, 3.8) is 0 Å². The van der Waals surface area contributed by atoms with E-state index >= 15 is 0 Å². The second kappa shape index (κ2) is 599. The summed E-state index contributed by atoms with van der Waals surface area (Å²) in [6.07, 6.45) is 0. The van der Waals surface area contributed by atoms with Crippen molar-refractivity contribution in [2.45, 2.75) is 0 Å². The zero-order chi connectivity index (χ0) is 0. The van der Waals surface area contributed by atoms with E-state index < -0.39 is 0 Å². The maximum Gasteiger partial charge on any atom is -0.147 e. The van der Waals surface area contributed by atoms with Gasteiger partial charge in [0.05, 0.1) is 0 Å². The molecule has 10 N–H and O–H groups in total. The zero-order valence-corrected chi connectivity index (χ0v) is 17.2. The Morgan fingerprint density at radius 1 is 0.118 bits per heavy atom. The summed E-state index contributed by atoms with van der Waals surface area (Å²) < 4.78 is 0. The molecule has 0 amide bonds. The number of hydrogen-bond acceptors (Lipinski definition) is 0. The van der Waals surface area contributed by atoms with Gasteiger partial charge in [0.15, 0.2) is 0 Å². The highest BCUT2D eigenvalue weighted by atomic mass is 35.5. The third-order valence-electron chi connectivity index (χ3n) is 0. The Labute approximate surface area is 175 Å². The Hall–Kier alpha value is 3.28. The van der Waals surface area contributed by atoms with E-state index in [-0.39, 0.29) is 176 Å². The number of hydrogen-bond donors (Lipinski definition) is 0. The maximum absolute atomic E-state index is 0. The highest BCUT2D eigenvalue weighted by Crippen LogP contribution is 0.701. The van der Waals surface area contributed by atoms with Crippen LogP contribution in [0.2, 0.25) is 0 Å². The van der Waals surface area contributed by atoms with Crippen molar-refractivity contribution in [3.8, 4) is 0 Å². The van der Waals surface area contributed by atoms with E-state index in [2.05, 4.69) is 0 Å². The second-order valence-corrected chi connectivity index (χ2v) is 0. The summed E-state index contributed by atoms with van der Waals surface area (Å²) >= 11 is 0. The van der Waals surface area contributed by atoms with Crippen molar-refractivity contribution in [3.05, 3.63) is 0 Å². The normalized spacial score (nSPS) is 0. The molecule has 0 saturated heterocycles. The Kier molecular flexibility index (Phi) is 24700. The van der Waals surface area contributed by atoms with Crippen molar-refractivity contribution in [1.29, 1.82) is 0 Å². The van der Waals surface area contributed by atoms with Gasteiger partial charge >= 0.3 is 0 Å². The molecule has 17 heteroatoms. The first-order valence-electron chi connectivity index (χ1n) is 0. The van der Waals surface area contributed by atoms with Gasteiger partial charge in [-0.15, -0.1) is 149 Å². The molecule has 0 unspecified atom stereocenters. The van der Waals surface area contributed by atoms with Gasteiger partial charge in [0.2, 0.25) is 0 Å². The molecule has 0 saturated carbocycles. The quantitative estimate of drug-likeness (QED) is 0.439. The van der Waals surface area contributed by atoms with Crippen LogP contribution in [0.5, 0.6) is 0 Å². The summed E-state index contributed by atoms with van der Waals surface area (Å²) in [4.78, 5) is 0. The Morgan fingerprint density at radius 3 is 0.118 bits per heavy atom. The lowest BCUT2D eigenvalue weighted by Crippen LogP contribution is -0.290. The molecule has 0 fully saturated rings. The van der Waals surface area contributed by atoms with E-state index in [0.717, 1.165) is 0 Å². The van der Waals surface area contributed by atoms with Crippen LogP contribution in [0.4, 0.5) is 0 Å². The lowest BCUT2D eigenvalue weighted by molar-refractivity contribution is 0.823. The third kappa shape index (κ3) is 535. The minimum Gasteiger partial charge on any atom is -0.412 e. The molecule has 0 aromatic rings. The molecule has 0 spiro atoms. The average molecular weight is 528 g/mol. The summed E-state index contributed by atoms with van der Waals surface area (Å²) in [7, 11) is 0. The molecule has 0 aliphatic rings. The van der Waals surface area contributed by atoms with Crippen molar-refractivity contribution in [1.82, 2.24) is 0 Å². The Balaban J connectivity index is 0. The number of halogens is 12. The summed E-state index contributed by atoms with van der Waals surface area (Å²) in [6.45, 7) is 0. The summed E-state index contributed by atoms with van der Waals surface area (Å²) in [5, 5.41) is 0. The highest BCUT2D eigenvalue weighted by molar-refractivity contribution is 5.86. The van der Waals surface area contributed by atoms with E-state index in [9.17, 15) is 0 Å². The van der Waals surface area contributed by atoms with E-state index in [0.29, 0.717) is 0 Å². The molecule has 0 rings (SSSR count). The predicted octanol–water partition coefficient (Wildman–Crippen LogP) is 0.938. The van der Waals surface area contributed by atoms with Crippen LogP contribution >= 0.6 is 149 Å². The van der Waals surface area contributed by atoms with Crippen LogP contribution in [0.3, 0.4) is 0 Å². The SMILES string of the molecule is Cl.Cl.Cl.Cl.Cl.Cl.Cl.Cl.Cl.Cl.Cl.Cl.O.O.O.O.O.